The van der Waals surface area contributed by atoms with Crippen LogP contribution in [0.2, 0.25) is 0 Å². The van der Waals surface area contributed by atoms with Crippen LogP contribution in [-0.2, 0) is 16.0 Å². The predicted molar refractivity (Wildman–Crippen MR) is 82.1 cm³/mol. The van der Waals surface area contributed by atoms with E-state index in [1.807, 2.05) is 36.0 Å². The van der Waals surface area contributed by atoms with Crippen molar-refractivity contribution in [3.63, 3.8) is 0 Å². The van der Waals surface area contributed by atoms with E-state index in [2.05, 4.69) is 0 Å². The van der Waals surface area contributed by atoms with Crippen molar-refractivity contribution in [2.24, 2.45) is 0 Å². The van der Waals surface area contributed by atoms with E-state index < -0.39 is 5.97 Å². The van der Waals surface area contributed by atoms with Crippen molar-refractivity contribution in [1.29, 1.82) is 0 Å². The van der Waals surface area contributed by atoms with Crippen LogP contribution in [0.5, 0.6) is 5.75 Å². The maximum atomic E-state index is 10.9. The molecule has 2 saturated heterocycles. The molecule has 114 valence electrons. The summed E-state index contributed by atoms with van der Waals surface area (Å²) < 4.78 is 12.1. The number of carboxylic acids is 1. The molecule has 5 heteroatoms. The van der Waals surface area contributed by atoms with Crippen molar-refractivity contribution in [3.05, 3.63) is 29.8 Å². The summed E-state index contributed by atoms with van der Waals surface area (Å²) in [6.45, 7) is 0.728. The Hall–Kier alpha value is -1.20. The Morgan fingerprint density at radius 3 is 3.10 bits per heavy atom. The number of para-hydroxylation sites is 1. The molecule has 1 aromatic carbocycles. The SMILES string of the molecule is O=C(O)Cc1ccccc1OC1CCOC2(CCSC2)C1. The highest BCUT2D eigenvalue weighted by Gasteiger charge is 2.41. The van der Waals surface area contributed by atoms with Crippen LogP contribution in [0.4, 0.5) is 0 Å². The van der Waals surface area contributed by atoms with Gasteiger partial charge >= 0.3 is 5.97 Å². The molecular weight excluding hydrogens is 288 g/mol. The van der Waals surface area contributed by atoms with Gasteiger partial charge in [0, 0.05) is 24.2 Å². The summed E-state index contributed by atoms with van der Waals surface area (Å²) in [5.74, 6) is 2.07. The van der Waals surface area contributed by atoms with Gasteiger partial charge in [-0.2, -0.15) is 11.8 Å². The minimum absolute atomic E-state index is 0.000385. The Bertz CT molecular complexity index is 511. The highest BCUT2D eigenvalue weighted by atomic mass is 32.2. The first-order valence-electron chi connectivity index (χ1n) is 7.35. The first kappa shape index (κ1) is 14.7. The molecule has 4 nitrogen and oxygen atoms in total. The molecule has 21 heavy (non-hydrogen) atoms. The van der Waals surface area contributed by atoms with Crippen molar-refractivity contribution in [2.45, 2.75) is 37.4 Å². The minimum atomic E-state index is -0.832. The average molecular weight is 308 g/mol. The normalized spacial score (nSPS) is 28.7. The lowest BCUT2D eigenvalue weighted by Gasteiger charge is -2.37. The van der Waals surface area contributed by atoms with Crippen LogP contribution in [0.25, 0.3) is 0 Å². The number of benzene rings is 1. The molecular formula is C16H20O4S. The minimum Gasteiger partial charge on any atom is -0.490 e. The lowest BCUT2D eigenvalue weighted by atomic mass is 9.91. The van der Waals surface area contributed by atoms with E-state index in [1.54, 1.807) is 0 Å². The van der Waals surface area contributed by atoms with E-state index in [4.69, 9.17) is 14.6 Å². The van der Waals surface area contributed by atoms with Gasteiger partial charge in [-0.15, -0.1) is 0 Å². The molecule has 0 saturated carbocycles. The van der Waals surface area contributed by atoms with Gasteiger partial charge < -0.3 is 14.6 Å². The standard InChI is InChI=1S/C16H20O4S/c17-15(18)9-12-3-1-2-4-14(12)20-13-5-7-19-16(10-13)6-8-21-11-16/h1-4,13H,5-11H2,(H,17,18). The maximum Gasteiger partial charge on any atom is 0.307 e. The molecule has 1 N–H and O–H groups in total. The molecule has 0 aromatic heterocycles. The van der Waals surface area contributed by atoms with Crippen molar-refractivity contribution in [3.8, 4) is 5.75 Å². The fraction of sp³-hybridized carbons (Fsp3) is 0.562. The second-order valence-corrected chi connectivity index (χ2v) is 6.85. The third kappa shape index (κ3) is 3.52. The summed E-state index contributed by atoms with van der Waals surface area (Å²) in [5.41, 5.74) is 0.723. The van der Waals surface area contributed by atoms with E-state index in [1.165, 1.54) is 0 Å². The van der Waals surface area contributed by atoms with Crippen molar-refractivity contribution in [2.75, 3.05) is 18.1 Å². The highest BCUT2D eigenvalue weighted by Crippen LogP contribution is 2.39. The van der Waals surface area contributed by atoms with E-state index in [9.17, 15) is 4.79 Å². The van der Waals surface area contributed by atoms with Gasteiger partial charge in [0.15, 0.2) is 0 Å². The van der Waals surface area contributed by atoms with Gasteiger partial charge in [-0.05, 0) is 18.2 Å². The Balaban J connectivity index is 1.70. The van der Waals surface area contributed by atoms with Crippen LogP contribution in [0.15, 0.2) is 24.3 Å². The summed E-state index contributed by atoms with van der Waals surface area (Å²) in [6.07, 6.45) is 2.98. The molecule has 3 rings (SSSR count). The molecule has 2 heterocycles. The number of carboxylic acid groups (broad SMARTS) is 1. The molecule has 1 aromatic rings. The molecule has 2 atom stereocenters. The topological polar surface area (TPSA) is 55.8 Å². The summed E-state index contributed by atoms with van der Waals surface area (Å²) in [4.78, 5) is 10.9. The van der Waals surface area contributed by atoms with Crippen LogP contribution in [0, 0.1) is 0 Å². The van der Waals surface area contributed by atoms with Gasteiger partial charge in [0.2, 0.25) is 0 Å². The van der Waals surface area contributed by atoms with E-state index in [-0.39, 0.29) is 18.1 Å². The molecule has 1 spiro atoms. The zero-order valence-electron chi connectivity index (χ0n) is 11.9. The first-order valence-corrected chi connectivity index (χ1v) is 8.50. The fourth-order valence-electron chi connectivity index (χ4n) is 3.05. The molecule has 2 aliphatic rings. The highest BCUT2D eigenvalue weighted by molar-refractivity contribution is 7.99. The molecule has 0 bridgehead atoms. The monoisotopic (exact) mass is 308 g/mol. The summed E-state index contributed by atoms with van der Waals surface area (Å²) in [6, 6.07) is 7.43. The van der Waals surface area contributed by atoms with Crippen molar-refractivity contribution in [1.82, 2.24) is 0 Å². The quantitative estimate of drug-likeness (QED) is 0.927. The summed E-state index contributed by atoms with van der Waals surface area (Å²) in [5, 5.41) is 8.99. The van der Waals surface area contributed by atoms with Gasteiger partial charge in [0.25, 0.3) is 0 Å². The Morgan fingerprint density at radius 2 is 2.33 bits per heavy atom. The Labute approximate surface area is 128 Å². The second kappa shape index (κ2) is 6.28. The first-order chi connectivity index (χ1) is 10.2. The average Bonchev–Trinajstić information content (AvgIpc) is 2.88. The van der Waals surface area contributed by atoms with Crippen molar-refractivity contribution >= 4 is 17.7 Å². The number of hydrogen-bond donors (Lipinski definition) is 1. The zero-order chi connectivity index (χ0) is 14.7. The van der Waals surface area contributed by atoms with Crippen LogP contribution in [0.3, 0.4) is 0 Å². The molecule has 2 fully saturated rings. The van der Waals surface area contributed by atoms with E-state index in [0.29, 0.717) is 5.75 Å². The Kier molecular flexibility index (Phi) is 4.40. The number of ether oxygens (including phenoxy) is 2. The van der Waals surface area contributed by atoms with Gasteiger partial charge in [-0.25, -0.2) is 0 Å². The lowest BCUT2D eigenvalue weighted by molar-refractivity contribution is -0.136. The molecule has 0 aliphatic carbocycles. The summed E-state index contributed by atoms with van der Waals surface area (Å²) >= 11 is 1.94. The number of thioether (sulfide) groups is 1. The molecule has 0 amide bonds. The Morgan fingerprint density at radius 1 is 1.48 bits per heavy atom. The van der Waals surface area contributed by atoms with Gasteiger partial charge in [-0.3, -0.25) is 4.79 Å². The molecule has 2 aliphatic heterocycles. The van der Waals surface area contributed by atoms with Crippen LogP contribution < -0.4 is 4.74 Å². The smallest absolute Gasteiger partial charge is 0.307 e. The van der Waals surface area contributed by atoms with Gasteiger partial charge in [-0.1, -0.05) is 18.2 Å². The van der Waals surface area contributed by atoms with Crippen LogP contribution >= 0.6 is 11.8 Å². The van der Waals surface area contributed by atoms with Gasteiger partial charge in [0.1, 0.15) is 11.9 Å². The van der Waals surface area contributed by atoms with Crippen LogP contribution in [0.1, 0.15) is 24.8 Å². The maximum absolute atomic E-state index is 10.9. The van der Waals surface area contributed by atoms with Crippen LogP contribution in [-0.4, -0.2) is 40.9 Å². The fourth-order valence-corrected chi connectivity index (χ4v) is 4.43. The third-order valence-corrected chi connectivity index (χ3v) is 5.35. The molecule has 0 radical (unpaired) electrons. The number of aliphatic carboxylic acids is 1. The lowest BCUT2D eigenvalue weighted by Crippen LogP contribution is -2.43. The number of carbonyl (C=O) groups is 1. The van der Waals surface area contributed by atoms with E-state index >= 15 is 0 Å². The summed E-state index contributed by atoms with van der Waals surface area (Å²) in [7, 11) is 0. The third-order valence-electron chi connectivity index (χ3n) is 4.12. The van der Waals surface area contributed by atoms with E-state index in [0.717, 1.165) is 42.9 Å². The van der Waals surface area contributed by atoms with Crippen molar-refractivity contribution < 1.29 is 19.4 Å². The molecule has 2 unspecified atom stereocenters. The van der Waals surface area contributed by atoms with Gasteiger partial charge in [0.05, 0.1) is 18.6 Å². The number of hydrogen-bond acceptors (Lipinski definition) is 4. The second-order valence-electron chi connectivity index (χ2n) is 5.74. The largest absolute Gasteiger partial charge is 0.490 e. The number of rotatable bonds is 4. The zero-order valence-corrected chi connectivity index (χ0v) is 12.7. The predicted octanol–water partition coefficient (Wildman–Crippen LogP) is 2.75.